The van der Waals surface area contributed by atoms with Crippen molar-refractivity contribution in [2.24, 2.45) is 0 Å². The predicted molar refractivity (Wildman–Crippen MR) is 91.8 cm³/mol. The minimum atomic E-state index is -3.52. The molecule has 0 aliphatic heterocycles. The first-order valence-corrected chi connectivity index (χ1v) is 9.45. The summed E-state index contributed by atoms with van der Waals surface area (Å²) in [6.45, 7) is 1.84. The number of aromatic nitrogens is 3. The smallest absolute Gasteiger partial charge is 0.164 e. The van der Waals surface area contributed by atoms with Gasteiger partial charge < -0.3 is 13.8 Å². The van der Waals surface area contributed by atoms with E-state index in [1.54, 1.807) is 23.9 Å². The van der Waals surface area contributed by atoms with Crippen LogP contribution in [-0.4, -0.2) is 30.2 Å². The van der Waals surface area contributed by atoms with E-state index in [2.05, 4.69) is 10.1 Å². The van der Waals surface area contributed by atoms with Crippen LogP contribution in [0.2, 0.25) is 0 Å². The molecule has 0 saturated carbocycles. The summed E-state index contributed by atoms with van der Waals surface area (Å²) in [4.78, 5) is 4.27. The average molecular weight is 361 g/mol. The van der Waals surface area contributed by atoms with Crippen molar-refractivity contribution in [2.45, 2.75) is 24.5 Å². The Kier molecular flexibility index (Phi) is 5.00. The number of methoxy groups -OCH3 is 1. The zero-order valence-electron chi connectivity index (χ0n) is 14.0. The minimum absolute atomic E-state index is 0.183. The van der Waals surface area contributed by atoms with Crippen LogP contribution in [0.5, 0.6) is 0 Å². The van der Waals surface area contributed by atoms with Crippen LogP contribution < -0.4 is 0 Å². The van der Waals surface area contributed by atoms with Crippen LogP contribution in [0.3, 0.4) is 0 Å². The molecule has 1 unspecified atom stereocenters. The molecule has 0 saturated heterocycles. The van der Waals surface area contributed by atoms with Gasteiger partial charge in [-0.05, 0) is 19.1 Å². The zero-order valence-corrected chi connectivity index (χ0v) is 14.8. The summed E-state index contributed by atoms with van der Waals surface area (Å²) < 4.78 is 37.4. The first kappa shape index (κ1) is 17.4. The summed E-state index contributed by atoms with van der Waals surface area (Å²) in [5, 5.41) is 3.01. The van der Waals surface area contributed by atoms with Crippen LogP contribution in [0, 0.1) is 0 Å². The number of ether oxygens (including phenoxy) is 1. The molecule has 3 aromatic rings. The maximum atomic E-state index is 12.9. The number of sulfone groups is 1. The van der Waals surface area contributed by atoms with E-state index in [-0.39, 0.29) is 12.4 Å². The maximum Gasteiger partial charge on any atom is 0.164 e. The summed E-state index contributed by atoms with van der Waals surface area (Å²) in [6, 6.07) is 9.50. The van der Waals surface area contributed by atoms with Crippen LogP contribution in [0.1, 0.15) is 29.3 Å². The fourth-order valence-corrected chi connectivity index (χ4v) is 3.99. The fraction of sp³-hybridized carbons (Fsp3) is 0.294. The quantitative estimate of drug-likeness (QED) is 0.643. The van der Waals surface area contributed by atoms with Gasteiger partial charge in [-0.1, -0.05) is 23.4 Å². The van der Waals surface area contributed by atoms with Gasteiger partial charge in [-0.15, -0.1) is 0 Å². The van der Waals surface area contributed by atoms with E-state index in [0.29, 0.717) is 17.1 Å². The predicted octanol–water partition coefficient (Wildman–Crippen LogP) is 2.68. The van der Waals surface area contributed by atoms with Crippen LogP contribution in [0.4, 0.5) is 0 Å². The Morgan fingerprint density at radius 3 is 2.76 bits per heavy atom. The molecule has 2 aromatic heterocycles. The van der Waals surface area contributed by atoms with Crippen molar-refractivity contribution in [2.75, 3.05) is 7.11 Å². The third kappa shape index (κ3) is 3.64. The highest BCUT2D eigenvalue weighted by Gasteiger charge is 2.29. The molecule has 3 rings (SSSR count). The van der Waals surface area contributed by atoms with E-state index in [4.69, 9.17) is 9.26 Å². The SMILES string of the molecule is COCc1nocc1CS(=O)(=O)C(C)c1nccn1-c1ccccc1. The molecule has 0 amide bonds. The van der Waals surface area contributed by atoms with Gasteiger partial charge in [-0.2, -0.15) is 0 Å². The monoisotopic (exact) mass is 361 g/mol. The Morgan fingerprint density at radius 1 is 1.28 bits per heavy atom. The Labute approximate surface area is 146 Å². The molecule has 8 heteroatoms. The zero-order chi connectivity index (χ0) is 17.9. The van der Waals surface area contributed by atoms with Gasteiger partial charge in [0.1, 0.15) is 23.0 Å². The third-order valence-corrected chi connectivity index (χ3v) is 5.97. The van der Waals surface area contributed by atoms with Gasteiger partial charge in [0, 0.05) is 30.8 Å². The standard InChI is InChI=1S/C17H19N3O4S/c1-13(17-18-8-9-20(17)15-6-4-3-5-7-15)25(21,22)12-14-10-24-19-16(14)11-23-2/h3-10,13H,11-12H2,1-2H3. The van der Waals surface area contributed by atoms with Crippen molar-refractivity contribution in [1.82, 2.24) is 14.7 Å². The lowest BCUT2D eigenvalue weighted by molar-refractivity contribution is 0.177. The molecule has 0 aliphatic rings. The van der Waals surface area contributed by atoms with Crippen LogP contribution in [0.25, 0.3) is 5.69 Å². The first-order valence-electron chi connectivity index (χ1n) is 7.74. The minimum Gasteiger partial charge on any atom is -0.378 e. The van der Waals surface area contributed by atoms with E-state index in [1.165, 1.54) is 13.4 Å². The molecule has 0 bridgehead atoms. The second-order valence-electron chi connectivity index (χ2n) is 5.66. The molecule has 0 spiro atoms. The maximum absolute atomic E-state index is 12.9. The lowest BCUT2D eigenvalue weighted by Gasteiger charge is -2.15. The largest absolute Gasteiger partial charge is 0.378 e. The number of para-hydroxylation sites is 1. The normalized spacial score (nSPS) is 13.0. The molecule has 1 aromatic carbocycles. The highest BCUT2D eigenvalue weighted by molar-refractivity contribution is 7.90. The molecule has 7 nitrogen and oxygen atoms in total. The molecule has 0 N–H and O–H groups in total. The van der Waals surface area contributed by atoms with Crippen molar-refractivity contribution in [3.8, 4) is 5.69 Å². The lowest BCUT2D eigenvalue weighted by atomic mass is 10.3. The van der Waals surface area contributed by atoms with E-state index in [9.17, 15) is 8.42 Å². The van der Waals surface area contributed by atoms with Crippen LogP contribution in [-0.2, 0) is 26.9 Å². The molecular weight excluding hydrogens is 342 g/mol. The Bertz CT molecular complexity index is 932. The second kappa shape index (κ2) is 7.20. The van der Waals surface area contributed by atoms with Crippen LogP contribution in [0.15, 0.2) is 53.5 Å². The second-order valence-corrected chi connectivity index (χ2v) is 7.98. The van der Waals surface area contributed by atoms with E-state index < -0.39 is 15.1 Å². The van der Waals surface area contributed by atoms with Crippen LogP contribution >= 0.6 is 0 Å². The Balaban J connectivity index is 1.89. The van der Waals surface area contributed by atoms with Gasteiger partial charge in [-0.25, -0.2) is 13.4 Å². The summed E-state index contributed by atoms with van der Waals surface area (Å²) in [7, 11) is -2.00. The third-order valence-electron chi connectivity index (χ3n) is 3.97. The summed E-state index contributed by atoms with van der Waals surface area (Å²) in [6.07, 6.45) is 4.71. The first-order chi connectivity index (χ1) is 12.0. The summed E-state index contributed by atoms with van der Waals surface area (Å²) in [5.41, 5.74) is 1.86. The fourth-order valence-electron chi connectivity index (χ4n) is 2.58. The van der Waals surface area contributed by atoms with Gasteiger partial charge in [0.2, 0.25) is 0 Å². The lowest BCUT2D eigenvalue weighted by Crippen LogP contribution is -2.17. The van der Waals surface area contributed by atoms with Gasteiger partial charge in [0.25, 0.3) is 0 Å². The van der Waals surface area contributed by atoms with Gasteiger partial charge in [0.05, 0.1) is 12.4 Å². The number of imidazole rings is 1. The molecule has 1 atom stereocenters. The average Bonchev–Trinajstić information content (AvgIpc) is 3.25. The molecule has 2 heterocycles. The molecule has 0 aliphatic carbocycles. The molecule has 25 heavy (non-hydrogen) atoms. The molecule has 0 fully saturated rings. The number of nitrogens with zero attached hydrogens (tertiary/aromatic N) is 3. The number of rotatable bonds is 7. The highest BCUT2D eigenvalue weighted by Crippen LogP contribution is 2.27. The van der Waals surface area contributed by atoms with Gasteiger partial charge in [-0.3, -0.25) is 0 Å². The van der Waals surface area contributed by atoms with E-state index >= 15 is 0 Å². The topological polar surface area (TPSA) is 87.2 Å². The van der Waals surface area contributed by atoms with E-state index in [0.717, 1.165) is 5.69 Å². The van der Waals surface area contributed by atoms with Gasteiger partial charge >= 0.3 is 0 Å². The number of benzene rings is 1. The van der Waals surface area contributed by atoms with E-state index in [1.807, 2.05) is 30.3 Å². The van der Waals surface area contributed by atoms with Crippen molar-refractivity contribution < 1.29 is 17.7 Å². The van der Waals surface area contributed by atoms with Crippen molar-refractivity contribution in [3.05, 3.63) is 66.1 Å². The van der Waals surface area contributed by atoms with Crippen molar-refractivity contribution >= 4 is 9.84 Å². The highest BCUT2D eigenvalue weighted by atomic mass is 32.2. The van der Waals surface area contributed by atoms with Gasteiger partial charge in [0.15, 0.2) is 9.84 Å². The number of hydrogen-bond donors (Lipinski definition) is 0. The Hall–Kier alpha value is -2.45. The molecular formula is C17H19N3O4S. The summed E-state index contributed by atoms with van der Waals surface area (Å²) in [5.74, 6) is 0.286. The molecule has 0 radical (unpaired) electrons. The van der Waals surface area contributed by atoms with Crippen molar-refractivity contribution in [1.29, 1.82) is 0 Å². The number of hydrogen-bond acceptors (Lipinski definition) is 6. The Morgan fingerprint density at radius 2 is 2.04 bits per heavy atom. The van der Waals surface area contributed by atoms with Crippen molar-refractivity contribution in [3.63, 3.8) is 0 Å². The molecule has 132 valence electrons. The summed E-state index contributed by atoms with van der Waals surface area (Å²) >= 11 is 0.